The van der Waals surface area contributed by atoms with E-state index in [1.165, 1.54) is 56.8 Å². The molecule has 0 saturated carbocycles. The van der Waals surface area contributed by atoms with Crippen LogP contribution in [0, 0.1) is 11.3 Å². The number of carbonyl (C=O) groups excluding carboxylic acids is 3. The molecule has 4 heterocycles. The van der Waals surface area contributed by atoms with E-state index in [0.29, 0.717) is 49.3 Å². The number of fused-ring (bicyclic) bond motifs is 1. The second-order valence-corrected chi connectivity index (χ2v) is 16.4. The van der Waals surface area contributed by atoms with Gasteiger partial charge in [-0.1, -0.05) is 0 Å². The number of amides is 4. The summed E-state index contributed by atoms with van der Waals surface area (Å²) in [6.07, 6.45) is 2.65. The molecule has 6 rings (SSSR count). The highest BCUT2D eigenvalue weighted by Crippen LogP contribution is 2.50. The van der Waals surface area contributed by atoms with Gasteiger partial charge in [-0.3, -0.25) is 9.69 Å². The molecule has 1 atom stereocenters. The SMILES string of the molecule is CCOc1ncccc1C1(NC(=O)N2CCN(C3CCN(C(=O)OC(C)(C)C)CC3)CC2)C(=O)N(S(=O)(=O)c2ccc(OC)cc2OC)c2ccc(C#N)cc21. The molecule has 1 N–H and O–H groups in total. The van der Waals surface area contributed by atoms with Crippen LogP contribution in [0.25, 0.3) is 0 Å². The molecule has 4 amide bonds. The van der Waals surface area contributed by atoms with Gasteiger partial charge < -0.3 is 34.1 Å². The molecule has 16 nitrogen and oxygen atoms in total. The first kappa shape index (κ1) is 40.1. The highest BCUT2D eigenvalue weighted by atomic mass is 32.2. The number of anilines is 1. The molecule has 3 aliphatic rings. The number of nitrogens with zero attached hydrogens (tertiary/aromatic N) is 6. The highest BCUT2D eigenvalue weighted by molar-refractivity contribution is 7.93. The number of likely N-dealkylation sites (tertiary alicyclic amines) is 1. The van der Waals surface area contributed by atoms with Crippen LogP contribution in [0.1, 0.15) is 57.2 Å². The number of pyridine rings is 1. The Labute approximate surface area is 326 Å². The van der Waals surface area contributed by atoms with Crippen LogP contribution in [-0.4, -0.2) is 118 Å². The monoisotopic (exact) mass is 789 g/mol. The van der Waals surface area contributed by atoms with Crippen LogP contribution in [0.5, 0.6) is 17.4 Å². The molecule has 3 aliphatic heterocycles. The van der Waals surface area contributed by atoms with E-state index in [1.54, 1.807) is 28.9 Å². The third-order valence-corrected chi connectivity index (χ3v) is 11.9. The van der Waals surface area contributed by atoms with Crippen molar-refractivity contribution in [2.24, 2.45) is 0 Å². The van der Waals surface area contributed by atoms with Crippen molar-refractivity contribution >= 4 is 33.7 Å². The Balaban J connectivity index is 1.33. The zero-order valence-electron chi connectivity index (χ0n) is 32.4. The number of carbonyl (C=O) groups is 3. The molecule has 2 fully saturated rings. The second kappa shape index (κ2) is 15.9. The van der Waals surface area contributed by atoms with E-state index in [9.17, 15) is 23.3 Å². The minimum absolute atomic E-state index is 0.000722. The Morgan fingerprint density at radius 3 is 2.30 bits per heavy atom. The molecule has 2 aromatic carbocycles. The molecule has 0 bridgehead atoms. The number of hydrogen-bond acceptors (Lipinski definition) is 12. The molecule has 3 aromatic rings. The van der Waals surface area contributed by atoms with Crippen LogP contribution in [-0.2, 0) is 25.1 Å². The van der Waals surface area contributed by atoms with E-state index in [2.05, 4.69) is 21.3 Å². The summed E-state index contributed by atoms with van der Waals surface area (Å²) in [4.78, 5) is 52.0. The van der Waals surface area contributed by atoms with E-state index < -0.39 is 33.1 Å². The Kier molecular flexibility index (Phi) is 11.4. The topological polar surface area (TPSA) is 184 Å². The van der Waals surface area contributed by atoms with Crippen LogP contribution in [0.4, 0.5) is 15.3 Å². The number of ether oxygens (including phenoxy) is 4. The first-order valence-electron chi connectivity index (χ1n) is 18.4. The third kappa shape index (κ3) is 7.50. The zero-order valence-corrected chi connectivity index (χ0v) is 33.2. The highest BCUT2D eigenvalue weighted by Gasteiger charge is 2.59. The molecule has 2 saturated heterocycles. The minimum atomic E-state index is -4.74. The van der Waals surface area contributed by atoms with E-state index >= 15 is 4.79 Å². The van der Waals surface area contributed by atoms with Gasteiger partial charge in [0.2, 0.25) is 5.88 Å². The molecule has 17 heteroatoms. The Bertz CT molecular complexity index is 2140. The molecular formula is C39H47N7O9S. The van der Waals surface area contributed by atoms with Crippen LogP contribution in [0.2, 0.25) is 0 Å². The predicted octanol–water partition coefficient (Wildman–Crippen LogP) is 4.07. The quantitative estimate of drug-likeness (QED) is 0.329. The minimum Gasteiger partial charge on any atom is -0.497 e. The number of urea groups is 1. The summed E-state index contributed by atoms with van der Waals surface area (Å²) in [6, 6.07) is 13.0. The summed E-state index contributed by atoms with van der Waals surface area (Å²) < 4.78 is 52.1. The summed E-state index contributed by atoms with van der Waals surface area (Å²) in [7, 11) is -2.01. The first-order valence-corrected chi connectivity index (χ1v) is 19.9. The van der Waals surface area contributed by atoms with Crippen molar-refractivity contribution in [3.8, 4) is 23.4 Å². The van der Waals surface area contributed by atoms with Gasteiger partial charge in [0.05, 0.1) is 43.7 Å². The largest absolute Gasteiger partial charge is 0.497 e. The van der Waals surface area contributed by atoms with Crippen molar-refractivity contribution in [1.82, 2.24) is 25.0 Å². The molecule has 56 heavy (non-hydrogen) atoms. The first-order chi connectivity index (χ1) is 26.7. The molecule has 0 spiro atoms. The van der Waals surface area contributed by atoms with Gasteiger partial charge in [-0.15, -0.1) is 0 Å². The summed E-state index contributed by atoms with van der Waals surface area (Å²) in [5.41, 5.74) is -2.58. The summed E-state index contributed by atoms with van der Waals surface area (Å²) in [6.45, 7) is 10.2. The lowest BCUT2D eigenvalue weighted by Gasteiger charge is -2.43. The van der Waals surface area contributed by atoms with Gasteiger partial charge >= 0.3 is 12.1 Å². The van der Waals surface area contributed by atoms with Gasteiger partial charge in [-0.25, -0.2) is 23.0 Å². The van der Waals surface area contributed by atoms with Crippen molar-refractivity contribution in [2.75, 3.05) is 64.4 Å². The lowest BCUT2D eigenvalue weighted by atomic mass is 9.83. The number of sulfonamides is 1. The number of aromatic nitrogens is 1. The zero-order chi connectivity index (χ0) is 40.4. The van der Waals surface area contributed by atoms with E-state index in [-0.39, 0.29) is 57.6 Å². The average molecular weight is 790 g/mol. The van der Waals surface area contributed by atoms with Crippen LogP contribution < -0.4 is 23.8 Å². The van der Waals surface area contributed by atoms with Crippen LogP contribution in [0.3, 0.4) is 0 Å². The molecule has 1 unspecified atom stereocenters. The Morgan fingerprint density at radius 2 is 1.68 bits per heavy atom. The maximum Gasteiger partial charge on any atom is 0.410 e. The number of methoxy groups -OCH3 is 2. The van der Waals surface area contributed by atoms with Gasteiger partial charge in [0.1, 0.15) is 22.0 Å². The number of nitriles is 1. The van der Waals surface area contributed by atoms with Gasteiger partial charge in [0.25, 0.3) is 15.9 Å². The van der Waals surface area contributed by atoms with Crippen molar-refractivity contribution in [2.45, 2.75) is 62.6 Å². The lowest BCUT2D eigenvalue weighted by Crippen LogP contribution is -2.61. The van der Waals surface area contributed by atoms with E-state index in [0.717, 1.165) is 12.8 Å². The smallest absolute Gasteiger partial charge is 0.410 e. The second-order valence-electron chi connectivity index (χ2n) is 14.6. The van der Waals surface area contributed by atoms with E-state index in [1.807, 2.05) is 20.8 Å². The van der Waals surface area contributed by atoms with Crippen molar-refractivity contribution in [3.05, 3.63) is 71.4 Å². The predicted molar refractivity (Wildman–Crippen MR) is 204 cm³/mol. The number of piperazine rings is 1. The van der Waals surface area contributed by atoms with Gasteiger partial charge in [0, 0.05) is 63.1 Å². The Morgan fingerprint density at radius 1 is 0.964 bits per heavy atom. The lowest BCUT2D eigenvalue weighted by molar-refractivity contribution is -0.121. The molecule has 0 aliphatic carbocycles. The van der Waals surface area contributed by atoms with Crippen molar-refractivity contribution in [3.63, 3.8) is 0 Å². The molecular weight excluding hydrogens is 743 g/mol. The fraction of sp³-hybridized carbons (Fsp3) is 0.462. The fourth-order valence-corrected chi connectivity index (χ4v) is 9.04. The summed E-state index contributed by atoms with van der Waals surface area (Å²) in [5.74, 6) is -0.769. The summed E-state index contributed by atoms with van der Waals surface area (Å²) in [5, 5.41) is 12.9. The summed E-state index contributed by atoms with van der Waals surface area (Å²) >= 11 is 0. The maximum atomic E-state index is 15.2. The molecule has 0 radical (unpaired) electrons. The Hall–Kier alpha value is -5.60. The van der Waals surface area contributed by atoms with Crippen LogP contribution in [0.15, 0.2) is 59.6 Å². The molecule has 1 aromatic heterocycles. The number of nitrogens with one attached hydrogen (secondary N) is 1. The average Bonchev–Trinajstić information content (AvgIpc) is 3.44. The molecule has 298 valence electrons. The van der Waals surface area contributed by atoms with Gasteiger partial charge in [-0.05, 0) is 83.0 Å². The third-order valence-electron chi connectivity index (χ3n) is 10.1. The number of benzene rings is 2. The standard InChI is InChI=1S/C39H47N7O9S/c1-7-54-34-29(9-8-16-41-34)39(42-36(48)44-21-19-43(20-22-44)27-14-17-45(18-15-27)37(49)55-38(2,3)4)30-23-26(25-40)10-12-31(30)46(35(39)47)56(50,51)33-13-11-28(52-5)24-32(33)53-6/h8-13,16,23-24,27H,7,14-15,17-22H2,1-6H3,(H,42,48). The normalized spacial score (nSPS) is 19.2. The van der Waals surface area contributed by atoms with Crippen LogP contribution >= 0.6 is 0 Å². The maximum absolute atomic E-state index is 15.2. The number of hydrogen-bond donors (Lipinski definition) is 1. The van der Waals surface area contributed by atoms with E-state index in [4.69, 9.17) is 18.9 Å². The van der Waals surface area contributed by atoms with Gasteiger partial charge in [-0.2, -0.15) is 9.57 Å². The van der Waals surface area contributed by atoms with Crippen molar-refractivity contribution < 1.29 is 41.7 Å². The van der Waals surface area contributed by atoms with Gasteiger partial charge in [0.15, 0.2) is 5.54 Å². The number of piperidine rings is 1. The number of rotatable bonds is 9. The fourth-order valence-electron chi connectivity index (χ4n) is 7.43. The van der Waals surface area contributed by atoms with Crippen molar-refractivity contribution in [1.29, 1.82) is 5.26 Å².